The van der Waals surface area contributed by atoms with Crippen LogP contribution in [0, 0.1) is 12.8 Å². The number of aryl methyl sites for hydroxylation is 1. The zero-order valence-corrected chi connectivity index (χ0v) is 15.7. The maximum Gasteiger partial charge on any atom is 0.227 e. The smallest absolute Gasteiger partial charge is 0.227 e. The van der Waals surface area contributed by atoms with Gasteiger partial charge in [0.1, 0.15) is 0 Å². The molecule has 1 atom stereocenters. The summed E-state index contributed by atoms with van der Waals surface area (Å²) in [6, 6.07) is 5.79. The highest BCUT2D eigenvalue weighted by molar-refractivity contribution is 9.10. The van der Waals surface area contributed by atoms with E-state index in [1.54, 1.807) is 12.0 Å². The van der Waals surface area contributed by atoms with Crippen molar-refractivity contribution in [1.29, 1.82) is 0 Å². The van der Waals surface area contributed by atoms with Crippen molar-refractivity contribution in [3.63, 3.8) is 0 Å². The lowest BCUT2D eigenvalue weighted by atomic mass is 10.1. The SMILES string of the molecule is COCCNCCNC(=O)C1CC(=O)N(c2ccc(Br)c(C)c2)C1. The van der Waals surface area contributed by atoms with Gasteiger partial charge < -0.3 is 20.3 Å². The molecule has 0 spiro atoms. The lowest BCUT2D eigenvalue weighted by Gasteiger charge is -2.17. The van der Waals surface area contributed by atoms with Gasteiger partial charge in [-0.1, -0.05) is 15.9 Å². The van der Waals surface area contributed by atoms with Gasteiger partial charge >= 0.3 is 0 Å². The summed E-state index contributed by atoms with van der Waals surface area (Å²) in [6.45, 7) is 5.05. The predicted octanol–water partition coefficient (Wildman–Crippen LogP) is 1.46. The number of carbonyl (C=O) groups is 2. The van der Waals surface area contributed by atoms with Crippen molar-refractivity contribution in [2.24, 2.45) is 5.92 Å². The summed E-state index contributed by atoms with van der Waals surface area (Å²) in [5, 5.41) is 6.05. The number of nitrogens with one attached hydrogen (secondary N) is 2. The van der Waals surface area contributed by atoms with E-state index in [4.69, 9.17) is 4.74 Å². The first-order chi connectivity index (χ1) is 11.5. The number of amides is 2. The third kappa shape index (κ3) is 5.03. The summed E-state index contributed by atoms with van der Waals surface area (Å²) in [6.07, 6.45) is 0.262. The molecule has 2 rings (SSSR count). The van der Waals surface area contributed by atoms with E-state index in [0.29, 0.717) is 26.2 Å². The van der Waals surface area contributed by atoms with Crippen molar-refractivity contribution in [3.8, 4) is 0 Å². The average molecular weight is 398 g/mol. The number of anilines is 1. The number of hydrogen-bond donors (Lipinski definition) is 2. The highest BCUT2D eigenvalue weighted by atomic mass is 79.9. The van der Waals surface area contributed by atoms with Crippen LogP contribution in [-0.2, 0) is 14.3 Å². The summed E-state index contributed by atoms with van der Waals surface area (Å²) in [4.78, 5) is 26.2. The van der Waals surface area contributed by atoms with Crippen molar-refractivity contribution >= 4 is 33.4 Å². The van der Waals surface area contributed by atoms with Gasteiger partial charge in [-0.05, 0) is 30.7 Å². The molecule has 2 N–H and O–H groups in total. The molecular formula is C17H24BrN3O3. The molecule has 1 unspecified atom stereocenters. The Morgan fingerprint density at radius 2 is 2.17 bits per heavy atom. The molecule has 1 aromatic rings. The summed E-state index contributed by atoms with van der Waals surface area (Å²) in [5.74, 6) is -0.358. The number of methoxy groups -OCH3 is 1. The number of hydrogen-bond acceptors (Lipinski definition) is 4. The normalized spacial score (nSPS) is 17.4. The Bertz CT molecular complexity index is 594. The molecule has 0 aliphatic carbocycles. The second-order valence-corrected chi connectivity index (χ2v) is 6.73. The van der Waals surface area contributed by atoms with Crippen LogP contribution < -0.4 is 15.5 Å². The summed E-state index contributed by atoms with van der Waals surface area (Å²) < 4.78 is 5.94. The highest BCUT2D eigenvalue weighted by Gasteiger charge is 2.35. The van der Waals surface area contributed by atoms with Crippen LogP contribution in [0.3, 0.4) is 0 Å². The van der Waals surface area contributed by atoms with E-state index in [0.717, 1.165) is 22.3 Å². The zero-order chi connectivity index (χ0) is 17.5. The number of carbonyl (C=O) groups excluding carboxylic acids is 2. The highest BCUT2D eigenvalue weighted by Crippen LogP contribution is 2.28. The van der Waals surface area contributed by atoms with Crippen LogP contribution in [0.4, 0.5) is 5.69 Å². The van der Waals surface area contributed by atoms with E-state index in [1.165, 1.54) is 0 Å². The molecule has 24 heavy (non-hydrogen) atoms. The van der Waals surface area contributed by atoms with E-state index in [9.17, 15) is 9.59 Å². The number of benzene rings is 1. The molecule has 0 aromatic heterocycles. The molecule has 1 aliphatic rings. The van der Waals surface area contributed by atoms with Gasteiger partial charge in [-0.2, -0.15) is 0 Å². The van der Waals surface area contributed by atoms with Crippen molar-refractivity contribution in [3.05, 3.63) is 28.2 Å². The quantitative estimate of drug-likeness (QED) is 0.651. The third-order valence-corrected chi connectivity index (χ3v) is 4.92. The zero-order valence-electron chi connectivity index (χ0n) is 14.1. The minimum atomic E-state index is -0.291. The first-order valence-electron chi connectivity index (χ1n) is 8.07. The Morgan fingerprint density at radius 1 is 1.38 bits per heavy atom. The number of halogens is 1. The molecule has 0 bridgehead atoms. The van der Waals surface area contributed by atoms with Crippen molar-refractivity contribution in [2.45, 2.75) is 13.3 Å². The van der Waals surface area contributed by atoms with Gasteiger partial charge in [-0.3, -0.25) is 9.59 Å². The van der Waals surface area contributed by atoms with Crippen LogP contribution in [0.2, 0.25) is 0 Å². The Labute approximate surface area is 151 Å². The molecule has 0 radical (unpaired) electrons. The minimum absolute atomic E-state index is 0.00454. The lowest BCUT2D eigenvalue weighted by molar-refractivity contribution is -0.126. The number of ether oxygens (including phenoxy) is 1. The average Bonchev–Trinajstić information content (AvgIpc) is 2.95. The fraction of sp³-hybridized carbons (Fsp3) is 0.529. The third-order valence-electron chi connectivity index (χ3n) is 4.03. The lowest BCUT2D eigenvalue weighted by Crippen LogP contribution is -2.37. The van der Waals surface area contributed by atoms with Crippen LogP contribution in [-0.4, -0.2) is 51.7 Å². The largest absolute Gasteiger partial charge is 0.383 e. The van der Waals surface area contributed by atoms with Crippen molar-refractivity contribution < 1.29 is 14.3 Å². The van der Waals surface area contributed by atoms with Gasteiger partial charge in [-0.15, -0.1) is 0 Å². The summed E-state index contributed by atoms with van der Waals surface area (Å²) in [7, 11) is 1.65. The molecule has 2 amide bonds. The maximum atomic E-state index is 12.2. The van der Waals surface area contributed by atoms with Gasteiger partial charge in [-0.25, -0.2) is 0 Å². The molecule has 1 heterocycles. The second-order valence-electron chi connectivity index (χ2n) is 5.87. The Hall–Kier alpha value is -1.44. The number of nitrogens with zero attached hydrogens (tertiary/aromatic N) is 1. The van der Waals surface area contributed by atoms with Crippen LogP contribution in [0.15, 0.2) is 22.7 Å². The predicted molar refractivity (Wildman–Crippen MR) is 97.1 cm³/mol. The van der Waals surface area contributed by atoms with E-state index >= 15 is 0 Å². The second kappa shape index (κ2) is 9.15. The minimum Gasteiger partial charge on any atom is -0.383 e. The molecule has 1 aromatic carbocycles. The molecule has 6 nitrogen and oxygen atoms in total. The Kier molecular flexibility index (Phi) is 7.20. The molecule has 1 fully saturated rings. The van der Waals surface area contributed by atoms with E-state index < -0.39 is 0 Å². The van der Waals surface area contributed by atoms with Gasteiger partial charge in [0.25, 0.3) is 0 Å². The fourth-order valence-corrected chi connectivity index (χ4v) is 2.89. The molecule has 0 saturated carbocycles. The van der Waals surface area contributed by atoms with Crippen molar-refractivity contribution in [1.82, 2.24) is 10.6 Å². The molecule has 132 valence electrons. The first-order valence-corrected chi connectivity index (χ1v) is 8.86. The van der Waals surface area contributed by atoms with Gasteiger partial charge in [0.2, 0.25) is 11.8 Å². The van der Waals surface area contributed by atoms with Gasteiger partial charge in [0, 0.05) is 49.9 Å². The van der Waals surface area contributed by atoms with Crippen LogP contribution in [0.5, 0.6) is 0 Å². The van der Waals surface area contributed by atoms with E-state index in [1.807, 2.05) is 25.1 Å². The van der Waals surface area contributed by atoms with Crippen molar-refractivity contribution in [2.75, 3.05) is 44.8 Å². The summed E-state index contributed by atoms with van der Waals surface area (Å²) >= 11 is 3.46. The Morgan fingerprint density at radius 3 is 2.88 bits per heavy atom. The number of rotatable bonds is 8. The van der Waals surface area contributed by atoms with Gasteiger partial charge in [0.05, 0.1) is 12.5 Å². The van der Waals surface area contributed by atoms with Gasteiger partial charge in [0.15, 0.2) is 0 Å². The maximum absolute atomic E-state index is 12.2. The van der Waals surface area contributed by atoms with Crippen LogP contribution in [0.1, 0.15) is 12.0 Å². The summed E-state index contributed by atoms with van der Waals surface area (Å²) in [5.41, 5.74) is 1.91. The molecule has 1 aliphatic heterocycles. The molecule has 7 heteroatoms. The topological polar surface area (TPSA) is 70.7 Å². The standard InChI is InChI=1S/C17H24BrN3O3/c1-12-9-14(3-4-15(12)18)21-11-13(10-16(21)22)17(23)20-6-5-19-7-8-24-2/h3-4,9,13,19H,5-8,10-11H2,1-2H3,(H,20,23). The van der Waals surface area contributed by atoms with Crippen LogP contribution >= 0.6 is 15.9 Å². The van der Waals surface area contributed by atoms with Crippen LogP contribution in [0.25, 0.3) is 0 Å². The molecule has 1 saturated heterocycles. The first kappa shape index (κ1) is 18.9. The van der Waals surface area contributed by atoms with E-state index in [-0.39, 0.29) is 24.2 Å². The monoisotopic (exact) mass is 397 g/mol. The fourth-order valence-electron chi connectivity index (χ4n) is 2.65. The van der Waals surface area contributed by atoms with E-state index in [2.05, 4.69) is 26.6 Å². The Balaban J connectivity index is 1.82. The molecular weight excluding hydrogens is 374 g/mol.